The van der Waals surface area contributed by atoms with Crippen molar-refractivity contribution in [3.8, 4) is 0 Å². The molecule has 24 heavy (non-hydrogen) atoms. The van der Waals surface area contributed by atoms with Crippen molar-refractivity contribution in [2.24, 2.45) is 0 Å². The van der Waals surface area contributed by atoms with E-state index in [1.807, 2.05) is 0 Å². The molecule has 0 fully saturated rings. The van der Waals surface area contributed by atoms with Crippen LogP contribution in [-0.4, -0.2) is 15.3 Å². The van der Waals surface area contributed by atoms with Crippen LogP contribution in [0, 0.1) is 5.82 Å². The molecule has 1 aliphatic rings. The summed E-state index contributed by atoms with van der Waals surface area (Å²) >= 11 is 1.59. The molecule has 2 aromatic heterocycles. The van der Waals surface area contributed by atoms with Gasteiger partial charge in [-0.25, -0.2) is 9.37 Å². The standard InChI is InChI=1S/C18H15FN2O2S/c19-12-7-5-11(6-8-12)14(22)9-21-10-20-17-16(18(21)23)13-3-1-2-4-15(13)24-17/h5-8,10H,1-4,9H2. The highest BCUT2D eigenvalue weighted by molar-refractivity contribution is 7.18. The quantitative estimate of drug-likeness (QED) is 0.686. The molecule has 0 unspecified atom stereocenters. The third-order valence-electron chi connectivity index (χ3n) is 4.42. The fraction of sp³-hybridized carbons (Fsp3) is 0.278. The van der Waals surface area contributed by atoms with Crippen molar-refractivity contribution in [2.75, 3.05) is 0 Å². The minimum absolute atomic E-state index is 0.0853. The zero-order valence-corrected chi connectivity index (χ0v) is 13.7. The van der Waals surface area contributed by atoms with Crippen LogP contribution in [-0.2, 0) is 19.4 Å². The van der Waals surface area contributed by atoms with Gasteiger partial charge in [0.15, 0.2) is 5.78 Å². The molecule has 4 nitrogen and oxygen atoms in total. The van der Waals surface area contributed by atoms with Crippen LogP contribution in [0.25, 0.3) is 10.2 Å². The Morgan fingerprint density at radius 2 is 1.96 bits per heavy atom. The van der Waals surface area contributed by atoms with E-state index >= 15 is 0 Å². The number of aromatic nitrogens is 2. The second-order valence-corrected chi connectivity index (χ2v) is 7.08. The zero-order chi connectivity index (χ0) is 16.7. The lowest BCUT2D eigenvalue weighted by Gasteiger charge is -2.10. The molecule has 1 aliphatic carbocycles. The van der Waals surface area contributed by atoms with Crippen molar-refractivity contribution in [1.82, 2.24) is 9.55 Å². The first-order valence-electron chi connectivity index (χ1n) is 7.92. The molecule has 2 heterocycles. The predicted molar refractivity (Wildman–Crippen MR) is 91.3 cm³/mol. The molecule has 0 saturated heterocycles. The first kappa shape index (κ1) is 15.2. The Balaban J connectivity index is 1.72. The summed E-state index contributed by atoms with van der Waals surface area (Å²) in [5.74, 6) is -0.626. The molecule has 0 amide bonds. The molecule has 0 saturated carbocycles. The monoisotopic (exact) mass is 342 g/mol. The molecule has 6 heteroatoms. The molecule has 4 rings (SSSR count). The third kappa shape index (κ3) is 2.57. The largest absolute Gasteiger partial charge is 0.292 e. The lowest BCUT2D eigenvalue weighted by Crippen LogP contribution is -2.25. The topological polar surface area (TPSA) is 52.0 Å². The van der Waals surface area contributed by atoms with Crippen molar-refractivity contribution in [1.29, 1.82) is 0 Å². The molecule has 0 spiro atoms. The van der Waals surface area contributed by atoms with E-state index in [9.17, 15) is 14.0 Å². The van der Waals surface area contributed by atoms with Gasteiger partial charge in [0.25, 0.3) is 5.56 Å². The maximum Gasteiger partial charge on any atom is 0.262 e. The van der Waals surface area contributed by atoms with E-state index in [4.69, 9.17) is 0 Å². The molecule has 1 aromatic carbocycles. The molecule has 0 aliphatic heterocycles. The summed E-state index contributed by atoms with van der Waals surface area (Å²) in [7, 11) is 0. The Bertz CT molecular complexity index is 989. The Labute approximate surface area is 141 Å². The summed E-state index contributed by atoms with van der Waals surface area (Å²) in [6.45, 7) is -0.0853. The summed E-state index contributed by atoms with van der Waals surface area (Å²) < 4.78 is 14.3. The van der Waals surface area contributed by atoms with Crippen molar-refractivity contribution >= 4 is 27.3 Å². The molecule has 3 aromatic rings. The van der Waals surface area contributed by atoms with E-state index in [0.717, 1.165) is 36.1 Å². The van der Waals surface area contributed by atoms with Gasteiger partial charge in [0.1, 0.15) is 10.6 Å². The minimum Gasteiger partial charge on any atom is -0.292 e. The zero-order valence-electron chi connectivity index (χ0n) is 12.9. The van der Waals surface area contributed by atoms with Crippen LogP contribution < -0.4 is 5.56 Å². The summed E-state index contributed by atoms with van der Waals surface area (Å²) in [6.07, 6.45) is 5.58. The molecule has 0 bridgehead atoms. The minimum atomic E-state index is -0.392. The smallest absolute Gasteiger partial charge is 0.262 e. The SMILES string of the molecule is O=C(Cn1cnc2sc3c(c2c1=O)CCCC3)c1ccc(F)cc1. The van der Waals surface area contributed by atoms with Crippen LogP contribution >= 0.6 is 11.3 Å². The van der Waals surface area contributed by atoms with Crippen molar-refractivity contribution in [3.05, 3.63) is 62.8 Å². The fourth-order valence-corrected chi connectivity index (χ4v) is 4.40. The van der Waals surface area contributed by atoms with E-state index in [-0.39, 0.29) is 17.9 Å². The Morgan fingerprint density at radius 1 is 1.21 bits per heavy atom. The number of Topliss-reactive ketones (excluding diaryl/α,β-unsaturated/α-hetero) is 1. The molecule has 0 radical (unpaired) electrons. The van der Waals surface area contributed by atoms with E-state index in [1.165, 1.54) is 40.0 Å². The number of thiophene rings is 1. The van der Waals surface area contributed by atoms with E-state index in [0.29, 0.717) is 10.9 Å². The molecule has 122 valence electrons. The van der Waals surface area contributed by atoms with Crippen molar-refractivity contribution in [2.45, 2.75) is 32.2 Å². The van der Waals surface area contributed by atoms with Gasteiger partial charge >= 0.3 is 0 Å². The van der Waals surface area contributed by atoms with Gasteiger partial charge in [-0.1, -0.05) is 0 Å². The summed E-state index contributed by atoms with van der Waals surface area (Å²) in [5, 5.41) is 0.670. The van der Waals surface area contributed by atoms with E-state index < -0.39 is 5.82 Å². The average Bonchev–Trinajstić information content (AvgIpc) is 2.97. The highest BCUT2D eigenvalue weighted by atomic mass is 32.1. The number of carbonyl (C=O) groups excluding carboxylic acids is 1. The number of benzene rings is 1. The number of hydrogen-bond acceptors (Lipinski definition) is 4. The maximum atomic E-state index is 13.0. The first-order valence-corrected chi connectivity index (χ1v) is 8.73. The van der Waals surface area contributed by atoms with Gasteiger partial charge < -0.3 is 0 Å². The third-order valence-corrected chi connectivity index (χ3v) is 5.62. The van der Waals surface area contributed by atoms with Gasteiger partial charge in [-0.2, -0.15) is 0 Å². The Morgan fingerprint density at radius 3 is 2.75 bits per heavy atom. The fourth-order valence-electron chi connectivity index (χ4n) is 3.18. The van der Waals surface area contributed by atoms with Gasteiger partial charge in [0.2, 0.25) is 0 Å². The van der Waals surface area contributed by atoms with Crippen LogP contribution in [0.4, 0.5) is 4.39 Å². The lowest BCUT2D eigenvalue weighted by molar-refractivity contribution is 0.0970. The number of rotatable bonds is 3. The van der Waals surface area contributed by atoms with Crippen molar-refractivity contribution in [3.63, 3.8) is 0 Å². The number of halogens is 1. The molecular formula is C18H15FN2O2S. The number of nitrogens with zero attached hydrogens (tertiary/aromatic N) is 2. The highest BCUT2D eigenvalue weighted by Gasteiger charge is 2.20. The lowest BCUT2D eigenvalue weighted by atomic mass is 9.97. The molecule has 0 N–H and O–H groups in total. The summed E-state index contributed by atoms with van der Waals surface area (Å²) in [4.78, 5) is 31.5. The second-order valence-electron chi connectivity index (χ2n) is 6.00. The number of hydrogen-bond donors (Lipinski definition) is 0. The summed E-state index contributed by atoms with van der Waals surface area (Å²) in [6, 6.07) is 5.35. The van der Waals surface area contributed by atoms with Gasteiger partial charge in [0, 0.05) is 10.4 Å². The number of fused-ring (bicyclic) bond motifs is 3. The Kier molecular flexibility index (Phi) is 3.76. The predicted octanol–water partition coefficient (Wildman–Crippen LogP) is 3.36. The van der Waals surface area contributed by atoms with Crippen LogP contribution in [0.15, 0.2) is 35.4 Å². The van der Waals surface area contributed by atoms with E-state index in [2.05, 4.69) is 4.98 Å². The maximum absolute atomic E-state index is 13.0. The first-order chi connectivity index (χ1) is 11.6. The van der Waals surface area contributed by atoms with Gasteiger partial charge in [-0.05, 0) is 55.5 Å². The normalized spacial score (nSPS) is 13.9. The number of aryl methyl sites for hydroxylation is 2. The van der Waals surface area contributed by atoms with Gasteiger partial charge in [-0.3, -0.25) is 14.2 Å². The average molecular weight is 342 g/mol. The Hall–Kier alpha value is -2.34. The number of carbonyl (C=O) groups is 1. The van der Waals surface area contributed by atoms with Gasteiger partial charge in [-0.15, -0.1) is 11.3 Å². The second kappa shape index (κ2) is 5.94. The van der Waals surface area contributed by atoms with Crippen LogP contribution in [0.3, 0.4) is 0 Å². The number of ketones is 1. The summed E-state index contributed by atoms with van der Waals surface area (Å²) in [5.41, 5.74) is 1.34. The van der Waals surface area contributed by atoms with Crippen molar-refractivity contribution < 1.29 is 9.18 Å². The molecular weight excluding hydrogens is 327 g/mol. The van der Waals surface area contributed by atoms with Gasteiger partial charge in [0.05, 0.1) is 18.3 Å². The van der Waals surface area contributed by atoms with E-state index in [1.54, 1.807) is 11.3 Å². The molecule has 0 atom stereocenters. The van der Waals surface area contributed by atoms with Crippen LogP contribution in [0.1, 0.15) is 33.6 Å². The van der Waals surface area contributed by atoms with Crippen LogP contribution in [0.5, 0.6) is 0 Å². The highest BCUT2D eigenvalue weighted by Crippen LogP contribution is 2.33. The van der Waals surface area contributed by atoms with Crippen LogP contribution in [0.2, 0.25) is 0 Å².